The first kappa shape index (κ1) is 20.0. The van der Waals surface area contributed by atoms with Gasteiger partial charge in [-0.2, -0.15) is 4.39 Å². The van der Waals surface area contributed by atoms with Crippen molar-refractivity contribution in [1.82, 2.24) is 14.5 Å². The van der Waals surface area contributed by atoms with Gasteiger partial charge in [-0.1, -0.05) is 0 Å². The summed E-state index contributed by atoms with van der Waals surface area (Å²) in [5.74, 6) is -4.20. The minimum Gasteiger partial charge on any atom is -0.476 e. The van der Waals surface area contributed by atoms with Crippen molar-refractivity contribution in [1.29, 1.82) is 0 Å². The Hall–Kier alpha value is -3.89. The third kappa shape index (κ3) is 3.00. The van der Waals surface area contributed by atoms with Gasteiger partial charge in [-0.05, 0) is 25.5 Å². The summed E-state index contributed by atoms with van der Waals surface area (Å²) in [7, 11) is 0. The molecule has 0 saturated carbocycles. The highest BCUT2D eigenvalue weighted by molar-refractivity contribution is 5.93. The molecule has 1 unspecified atom stereocenters. The molecule has 2 aliphatic heterocycles. The average molecular weight is 440 g/mol. The number of anilines is 3. The van der Waals surface area contributed by atoms with Crippen LogP contribution in [0.4, 0.5) is 21.7 Å². The zero-order valence-electron chi connectivity index (χ0n) is 17.2. The van der Waals surface area contributed by atoms with E-state index in [9.17, 15) is 14.7 Å². The van der Waals surface area contributed by atoms with Crippen LogP contribution in [0, 0.1) is 0 Å². The molecule has 4 N–H and O–H groups in total. The highest BCUT2D eigenvalue weighted by atomic mass is 19.2. The lowest BCUT2D eigenvalue weighted by molar-refractivity contribution is -0.183. The van der Waals surface area contributed by atoms with Crippen LogP contribution in [0.3, 0.4) is 0 Å². The quantitative estimate of drug-likeness (QED) is 0.554. The number of rotatable bonds is 4. The second kappa shape index (κ2) is 7.08. The topological polar surface area (TPSA) is 136 Å². The number of carbonyl (C=O) groups is 1. The molecule has 0 bridgehead atoms. The number of halogens is 1. The first-order valence-corrected chi connectivity index (χ1v) is 10.2. The molecule has 32 heavy (non-hydrogen) atoms. The van der Waals surface area contributed by atoms with Gasteiger partial charge in [-0.25, -0.2) is 14.8 Å². The van der Waals surface area contributed by atoms with Crippen molar-refractivity contribution in [2.45, 2.75) is 31.3 Å². The molecule has 11 heteroatoms. The maximum absolute atomic E-state index is 15.5. The van der Waals surface area contributed by atoms with Gasteiger partial charge in [0.15, 0.2) is 11.2 Å². The van der Waals surface area contributed by atoms with E-state index in [4.69, 9.17) is 10.5 Å². The molecule has 0 radical (unpaired) electrons. The number of aliphatic carboxylic acids is 1. The van der Waals surface area contributed by atoms with Gasteiger partial charge in [0.1, 0.15) is 6.04 Å². The summed E-state index contributed by atoms with van der Waals surface area (Å²) in [6, 6.07) is 3.47. The first-order valence-electron chi connectivity index (χ1n) is 10.2. The number of alkyl halides is 1. The fraction of sp³-hybridized carbons (Fsp3) is 0.333. The molecule has 3 atom stereocenters. The highest BCUT2D eigenvalue weighted by Crippen LogP contribution is 2.46. The molecule has 4 heterocycles. The van der Waals surface area contributed by atoms with Crippen LogP contribution in [0.1, 0.15) is 19.4 Å². The van der Waals surface area contributed by atoms with E-state index in [0.29, 0.717) is 41.3 Å². The molecular weight excluding hydrogens is 419 g/mol. The molecule has 1 aromatic carbocycles. The summed E-state index contributed by atoms with van der Waals surface area (Å²) in [5, 5.41) is 13.1. The standard InChI is InChI=1S/C21H21FN6O4/c1-11-21(22,19(30)31)32-18-15(3-2-14-16(29)5-7-28(11)17(14)18)27-6-4-13(10-27)26-20-24-8-12(23)9-25-20/h2-3,5,7-9,11,13H,4,6,10,23H2,1H3,(H,30,31)(H,24,25,26)/t11?,13-,21-/m1/s1. The molecule has 2 aliphatic rings. The van der Waals surface area contributed by atoms with Crippen molar-refractivity contribution in [2.24, 2.45) is 0 Å². The van der Waals surface area contributed by atoms with Crippen LogP contribution in [0.15, 0.2) is 41.6 Å². The summed E-state index contributed by atoms with van der Waals surface area (Å²) >= 11 is 0. The molecule has 0 amide bonds. The molecule has 5 rings (SSSR count). The van der Waals surface area contributed by atoms with Crippen molar-refractivity contribution in [2.75, 3.05) is 29.0 Å². The van der Waals surface area contributed by atoms with Gasteiger partial charge in [-0.15, -0.1) is 0 Å². The van der Waals surface area contributed by atoms with E-state index in [-0.39, 0.29) is 17.2 Å². The van der Waals surface area contributed by atoms with Crippen molar-refractivity contribution in [3.05, 3.63) is 47.0 Å². The van der Waals surface area contributed by atoms with Gasteiger partial charge in [0.2, 0.25) is 5.95 Å². The summed E-state index contributed by atoms with van der Waals surface area (Å²) < 4.78 is 22.4. The summed E-state index contributed by atoms with van der Waals surface area (Å²) in [6.07, 6.45) is 5.17. The van der Waals surface area contributed by atoms with Gasteiger partial charge >= 0.3 is 11.8 Å². The second-order valence-corrected chi connectivity index (χ2v) is 8.04. The molecule has 3 aromatic rings. The van der Waals surface area contributed by atoms with Crippen molar-refractivity contribution >= 4 is 34.2 Å². The van der Waals surface area contributed by atoms with Crippen molar-refractivity contribution in [3.8, 4) is 5.75 Å². The van der Waals surface area contributed by atoms with Crippen LogP contribution in [0.2, 0.25) is 0 Å². The van der Waals surface area contributed by atoms with E-state index in [1.807, 2.05) is 4.90 Å². The van der Waals surface area contributed by atoms with Gasteiger partial charge < -0.3 is 30.4 Å². The summed E-state index contributed by atoms with van der Waals surface area (Å²) in [6.45, 7) is 2.54. The van der Waals surface area contributed by atoms with Crippen molar-refractivity contribution in [3.63, 3.8) is 0 Å². The molecule has 1 saturated heterocycles. The number of benzene rings is 1. The number of nitrogen functional groups attached to an aromatic ring is 1. The van der Waals surface area contributed by atoms with E-state index in [1.54, 1.807) is 12.1 Å². The largest absolute Gasteiger partial charge is 0.476 e. The molecule has 1 fully saturated rings. The minimum absolute atomic E-state index is 0.00314. The normalized spacial score (nSPS) is 24.4. The number of nitrogens with one attached hydrogen (secondary N) is 1. The van der Waals surface area contributed by atoms with E-state index >= 15 is 4.39 Å². The lowest BCUT2D eigenvalue weighted by Crippen LogP contribution is -2.49. The van der Waals surface area contributed by atoms with Gasteiger partial charge in [-0.3, -0.25) is 4.79 Å². The zero-order valence-corrected chi connectivity index (χ0v) is 17.2. The van der Waals surface area contributed by atoms with Gasteiger partial charge in [0, 0.05) is 36.8 Å². The van der Waals surface area contributed by atoms with Crippen LogP contribution in [0.25, 0.3) is 10.9 Å². The zero-order chi connectivity index (χ0) is 22.6. The van der Waals surface area contributed by atoms with Crippen LogP contribution in [-0.4, -0.2) is 50.6 Å². The van der Waals surface area contributed by atoms with Crippen LogP contribution in [0.5, 0.6) is 5.75 Å². The number of aromatic nitrogens is 3. The average Bonchev–Trinajstić information content (AvgIpc) is 3.23. The highest BCUT2D eigenvalue weighted by Gasteiger charge is 2.52. The molecule has 10 nitrogen and oxygen atoms in total. The number of hydrogen-bond donors (Lipinski definition) is 3. The molecule has 0 spiro atoms. The van der Waals surface area contributed by atoms with Crippen molar-refractivity contribution < 1.29 is 19.0 Å². The third-order valence-electron chi connectivity index (χ3n) is 6.05. The Kier molecular flexibility index (Phi) is 4.43. The predicted molar refractivity (Wildman–Crippen MR) is 116 cm³/mol. The van der Waals surface area contributed by atoms with Gasteiger partial charge in [0.05, 0.1) is 29.3 Å². The lowest BCUT2D eigenvalue weighted by Gasteiger charge is -2.37. The number of carboxylic acid groups (broad SMARTS) is 1. The molecule has 166 valence electrons. The van der Waals surface area contributed by atoms with Gasteiger partial charge in [0.25, 0.3) is 0 Å². The monoisotopic (exact) mass is 440 g/mol. The number of hydrogen-bond acceptors (Lipinski definition) is 8. The van der Waals surface area contributed by atoms with E-state index in [0.717, 1.165) is 6.42 Å². The van der Waals surface area contributed by atoms with Crippen LogP contribution >= 0.6 is 0 Å². The lowest BCUT2D eigenvalue weighted by atomic mass is 10.0. The van der Waals surface area contributed by atoms with E-state index in [1.165, 1.54) is 36.1 Å². The summed E-state index contributed by atoms with van der Waals surface area (Å²) in [5.41, 5.74) is 6.74. The number of nitrogens with zero attached hydrogens (tertiary/aromatic N) is 4. The minimum atomic E-state index is -2.97. The molecule has 2 aromatic heterocycles. The Morgan fingerprint density at radius 1 is 1.34 bits per heavy atom. The summed E-state index contributed by atoms with van der Waals surface area (Å²) in [4.78, 5) is 34.4. The number of carboxylic acids is 1. The van der Waals surface area contributed by atoms with Crippen LogP contribution in [-0.2, 0) is 4.79 Å². The maximum Gasteiger partial charge on any atom is 0.384 e. The fourth-order valence-corrected chi connectivity index (χ4v) is 4.33. The number of pyridine rings is 1. The maximum atomic E-state index is 15.5. The smallest absolute Gasteiger partial charge is 0.384 e. The number of ether oxygens (including phenoxy) is 1. The Morgan fingerprint density at radius 2 is 2.09 bits per heavy atom. The Labute approximate surface area is 181 Å². The molecule has 0 aliphatic carbocycles. The first-order chi connectivity index (χ1) is 15.3. The van der Waals surface area contributed by atoms with Crippen LogP contribution < -0.4 is 26.1 Å². The fourth-order valence-electron chi connectivity index (χ4n) is 4.33. The SMILES string of the molecule is CC1n2ccc(=O)c3ccc(N4CC[C@@H](Nc5ncc(N)cn5)C4)c(c32)O[C@@]1(F)C(=O)O. The number of nitrogens with two attached hydrogens (primary N) is 1. The Bertz CT molecular complexity index is 1280. The Balaban J connectivity index is 1.53. The van der Waals surface area contributed by atoms with E-state index in [2.05, 4.69) is 15.3 Å². The molecular formula is C21H21FN6O4. The Morgan fingerprint density at radius 3 is 2.81 bits per heavy atom. The second-order valence-electron chi connectivity index (χ2n) is 8.04. The van der Waals surface area contributed by atoms with E-state index < -0.39 is 17.9 Å². The predicted octanol–water partition coefficient (Wildman–Crippen LogP) is 1.77. The third-order valence-corrected chi connectivity index (χ3v) is 6.05.